The first kappa shape index (κ1) is 11.6. The van der Waals surface area contributed by atoms with E-state index in [9.17, 15) is 0 Å². The molecule has 1 aliphatic rings. The maximum Gasteiger partial charge on any atom is 0.110 e. The van der Waals surface area contributed by atoms with Gasteiger partial charge in [-0.2, -0.15) is 0 Å². The van der Waals surface area contributed by atoms with Crippen molar-refractivity contribution < 1.29 is 4.74 Å². The fraction of sp³-hybridized carbons (Fsp3) is 0.750. The van der Waals surface area contributed by atoms with Crippen LogP contribution in [0.2, 0.25) is 0 Å². The molecule has 0 aromatic carbocycles. The fourth-order valence-electron chi connectivity index (χ4n) is 2.10. The third-order valence-corrected chi connectivity index (χ3v) is 3.20. The Bertz CT molecular complexity index is 305. The number of hydrogen-bond acceptors (Lipinski definition) is 3. The molecule has 4 nitrogen and oxygen atoms in total. The number of aryl methyl sites for hydroxylation is 1. The lowest BCUT2D eigenvalue weighted by Crippen LogP contribution is -2.30. The minimum atomic E-state index is 0.752. The van der Waals surface area contributed by atoms with Crippen molar-refractivity contribution >= 4 is 0 Å². The van der Waals surface area contributed by atoms with Gasteiger partial charge in [0.1, 0.15) is 5.82 Å². The molecule has 1 N–H and O–H groups in total. The van der Waals surface area contributed by atoms with Gasteiger partial charge in [0.25, 0.3) is 0 Å². The van der Waals surface area contributed by atoms with E-state index in [-0.39, 0.29) is 0 Å². The monoisotopic (exact) mass is 223 g/mol. The van der Waals surface area contributed by atoms with Crippen LogP contribution in [0, 0.1) is 5.92 Å². The molecule has 2 heterocycles. The van der Waals surface area contributed by atoms with Crippen molar-refractivity contribution in [1.29, 1.82) is 0 Å². The third kappa shape index (κ3) is 3.32. The van der Waals surface area contributed by atoms with Crippen LogP contribution in [0.15, 0.2) is 12.4 Å². The molecular formula is C12H21N3O. The third-order valence-electron chi connectivity index (χ3n) is 3.20. The average molecular weight is 223 g/mol. The first-order chi connectivity index (χ1) is 7.86. The van der Waals surface area contributed by atoms with Gasteiger partial charge in [0.05, 0.1) is 6.61 Å². The molecular weight excluding hydrogens is 202 g/mol. The Morgan fingerprint density at radius 1 is 1.50 bits per heavy atom. The van der Waals surface area contributed by atoms with Gasteiger partial charge in [-0.3, -0.25) is 0 Å². The fourth-order valence-corrected chi connectivity index (χ4v) is 2.10. The predicted molar refractivity (Wildman–Crippen MR) is 63.3 cm³/mol. The van der Waals surface area contributed by atoms with Crippen molar-refractivity contribution in [2.24, 2.45) is 13.0 Å². The van der Waals surface area contributed by atoms with Crippen LogP contribution in [-0.2, 0) is 18.2 Å². The zero-order valence-electron chi connectivity index (χ0n) is 9.98. The highest BCUT2D eigenvalue weighted by Gasteiger charge is 2.12. The van der Waals surface area contributed by atoms with Crippen molar-refractivity contribution in [1.82, 2.24) is 14.9 Å². The van der Waals surface area contributed by atoms with Crippen molar-refractivity contribution in [3.05, 3.63) is 18.2 Å². The molecule has 0 spiro atoms. The van der Waals surface area contributed by atoms with E-state index < -0.39 is 0 Å². The molecule has 0 saturated carbocycles. The average Bonchev–Trinajstić information content (AvgIpc) is 2.72. The molecule has 0 aliphatic carbocycles. The lowest BCUT2D eigenvalue weighted by molar-refractivity contribution is 0.0889. The maximum absolute atomic E-state index is 5.72. The Morgan fingerprint density at radius 2 is 2.31 bits per heavy atom. The molecule has 1 aliphatic heterocycles. The number of hydrogen-bond donors (Lipinski definition) is 1. The summed E-state index contributed by atoms with van der Waals surface area (Å²) >= 11 is 0. The molecule has 2 rings (SSSR count). The highest BCUT2D eigenvalue weighted by molar-refractivity contribution is 4.90. The van der Waals surface area contributed by atoms with Crippen LogP contribution in [0.25, 0.3) is 0 Å². The molecule has 0 unspecified atom stereocenters. The molecule has 16 heavy (non-hydrogen) atoms. The second-order valence-corrected chi connectivity index (χ2v) is 4.47. The number of imidazole rings is 1. The lowest BCUT2D eigenvalue weighted by atomic mass is 9.99. The molecule has 0 atom stereocenters. The quantitative estimate of drug-likeness (QED) is 0.756. The number of rotatable bonds is 5. The van der Waals surface area contributed by atoms with Crippen LogP contribution < -0.4 is 5.32 Å². The van der Waals surface area contributed by atoms with E-state index in [1.807, 2.05) is 24.0 Å². The van der Waals surface area contributed by atoms with E-state index in [4.69, 9.17) is 4.74 Å². The first-order valence-electron chi connectivity index (χ1n) is 6.11. The van der Waals surface area contributed by atoms with Crippen LogP contribution in [-0.4, -0.2) is 35.9 Å². The molecule has 1 aromatic rings. The topological polar surface area (TPSA) is 39.1 Å². The summed E-state index contributed by atoms with van der Waals surface area (Å²) in [5.74, 6) is 1.85. The summed E-state index contributed by atoms with van der Waals surface area (Å²) in [4.78, 5) is 4.27. The summed E-state index contributed by atoms with van der Waals surface area (Å²) in [5, 5.41) is 3.37. The number of ether oxygens (including phenoxy) is 1. The van der Waals surface area contributed by atoms with Gasteiger partial charge >= 0.3 is 0 Å². The summed E-state index contributed by atoms with van der Waals surface area (Å²) in [6.45, 7) is 3.99. The van der Waals surface area contributed by atoms with Crippen LogP contribution in [0.4, 0.5) is 0 Å². The Kier molecular flexibility index (Phi) is 4.36. The highest BCUT2D eigenvalue weighted by atomic mass is 16.5. The molecule has 1 aromatic heterocycles. The van der Waals surface area contributed by atoms with Crippen LogP contribution >= 0.6 is 0 Å². The molecule has 0 bridgehead atoms. The number of aromatic nitrogens is 2. The Balaban J connectivity index is 1.59. The van der Waals surface area contributed by atoms with E-state index >= 15 is 0 Å². The van der Waals surface area contributed by atoms with Crippen LogP contribution in [0.1, 0.15) is 18.7 Å². The summed E-state index contributed by atoms with van der Waals surface area (Å²) in [6.07, 6.45) is 7.23. The van der Waals surface area contributed by atoms with Crippen molar-refractivity contribution in [2.75, 3.05) is 26.3 Å². The van der Waals surface area contributed by atoms with E-state index in [1.54, 1.807) is 0 Å². The summed E-state index contributed by atoms with van der Waals surface area (Å²) in [6, 6.07) is 0. The van der Waals surface area contributed by atoms with Gasteiger partial charge in [-0.1, -0.05) is 0 Å². The molecule has 1 fully saturated rings. The van der Waals surface area contributed by atoms with E-state index in [0.29, 0.717) is 0 Å². The number of piperidine rings is 1. The van der Waals surface area contributed by atoms with Gasteiger partial charge in [0.2, 0.25) is 0 Å². The van der Waals surface area contributed by atoms with Crippen molar-refractivity contribution in [2.45, 2.75) is 19.3 Å². The lowest BCUT2D eigenvalue weighted by Gasteiger charge is -2.22. The van der Waals surface area contributed by atoms with Gasteiger partial charge in [0.15, 0.2) is 0 Å². The Labute approximate surface area is 97.0 Å². The summed E-state index contributed by atoms with van der Waals surface area (Å²) < 4.78 is 7.77. The largest absolute Gasteiger partial charge is 0.381 e. The van der Waals surface area contributed by atoms with E-state index in [1.165, 1.54) is 12.8 Å². The molecule has 1 saturated heterocycles. The van der Waals surface area contributed by atoms with Gasteiger partial charge in [-0.05, 0) is 31.8 Å². The molecule has 4 heteroatoms. The van der Waals surface area contributed by atoms with Gasteiger partial charge < -0.3 is 14.6 Å². The Hall–Kier alpha value is -0.870. The van der Waals surface area contributed by atoms with Crippen molar-refractivity contribution in [3.63, 3.8) is 0 Å². The molecule has 0 amide bonds. The van der Waals surface area contributed by atoms with E-state index in [2.05, 4.69) is 10.3 Å². The minimum absolute atomic E-state index is 0.752. The standard InChI is InChI=1S/C12H21N3O/c1-15-8-7-14-12(15)4-9-16-10-11-2-5-13-6-3-11/h7-8,11,13H,2-6,9-10H2,1H3. The zero-order valence-corrected chi connectivity index (χ0v) is 9.98. The van der Waals surface area contributed by atoms with Crippen LogP contribution in [0.5, 0.6) is 0 Å². The van der Waals surface area contributed by atoms with Gasteiger partial charge in [0, 0.05) is 32.5 Å². The second-order valence-electron chi connectivity index (χ2n) is 4.47. The van der Waals surface area contributed by atoms with Crippen molar-refractivity contribution in [3.8, 4) is 0 Å². The first-order valence-corrected chi connectivity index (χ1v) is 6.11. The normalized spacial score (nSPS) is 17.8. The SMILES string of the molecule is Cn1ccnc1CCOCC1CCNCC1. The maximum atomic E-state index is 5.72. The van der Waals surface area contributed by atoms with Gasteiger partial charge in [-0.15, -0.1) is 0 Å². The van der Waals surface area contributed by atoms with Gasteiger partial charge in [-0.25, -0.2) is 4.98 Å². The minimum Gasteiger partial charge on any atom is -0.381 e. The Morgan fingerprint density at radius 3 is 3.00 bits per heavy atom. The second kappa shape index (κ2) is 6.01. The molecule has 90 valence electrons. The number of nitrogens with zero attached hydrogens (tertiary/aromatic N) is 2. The molecule has 0 radical (unpaired) electrons. The number of nitrogens with one attached hydrogen (secondary N) is 1. The highest BCUT2D eigenvalue weighted by Crippen LogP contribution is 2.11. The predicted octanol–water partition coefficient (Wildman–Crippen LogP) is 0.979. The summed E-state index contributed by atoms with van der Waals surface area (Å²) in [5.41, 5.74) is 0. The zero-order chi connectivity index (χ0) is 11.2. The van der Waals surface area contributed by atoms with E-state index in [0.717, 1.165) is 44.5 Å². The summed E-state index contributed by atoms with van der Waals surface area (Å²) in [7, 11) is 2.02. The van der Waals surface area contributed by atoms with Crippen LogP contribution in [0.3, 0.4) is 0 Å². The smallest absolute Gasteiger partial charge is 0.110 e.